The van der Waals surface area contributed by atoms with Gasteiger partial charge in [0.25, 0.3) is 0 Å². The lowest BCUT2D eigenvalue weighted by Crippen LogP contribution is -2.63. The highest BCUT2D eigenvalue weighted by molar-refractivity contribution is 8.02. The van der Waals surface area contributed by atoms with Crippen molar-refractivity contribution >= 4 is 37.5 Å². The minimum absolute atomic E-state index is 0.0494. The second-order valence-corrected chi connectivity index (χ2v) is 10.1. The number of para-hydroxylation sites is 1. The van der Waals surface area contributed by atoms with Crippen LogP contribution < -0.4 is 9.44 Å². The van der Waals surface area contributed by atoms with Crippen LogP contribution in [0.3, 0.4) is 0 Å². The van der Waals surface area contributed by atoms with Crippen molar-refractivity contribution in [2.24, 2.45) is 0 Å². The maximum Gasteiger partial charge on any atom is 0.341 e. The van der Waals surface area contributed by atoms with Gasteiger partial charge < -0.3 is 14.2 Å². The predicted octanol–water partition coefficient (Wildman–Crippen LogP) is 5.50. The van der Waals surface area contributed by atoms with Crippen LogP contribution in [0, 0.1) is 0 Å². The van der Waals surface area contributed by atoms with E-state index in [4.69, 9.17) is 0 Å². The second kappa shape index (κ2) is 11.6. The van der Waals surface area contributed by atoms with Crippen LogP contribution in [-0.4, -0.2) is 44.4 Å². The van der Waals surface area contributed by atoms with Gasteiger partial charge in [-0.3, -0.25) is 0 Å². The summed E-state index contributed by atoms with van der Waals surface area (Å²) in [6, 6.07) is 10.5. The number of anilines is 2. The van der Waals surface area contributed by atoms with Crippen molar-refractivity contribution in [3.8, 4) is 0 Å². The number of fused-ring (bicyclic) bond motifs is 1. The summed E-state index contributed by atoms with van der Waals surface area (Å²) in [5, 5.41) is 15.9. The average molecular weight is 443 g/mol. The van der Waals surface area contributed by atoms with Crippen LogP contribution >= 0.6 is 11.9 Å². The standard InChI is InChI=1S/C16H27B2N7S.C3H6.C2H6/c1-15(2,3)25-17(6)19-14-20-21-22-23(14)16(4,5)26-24(18(25)7)13-11-9-8-10-12-13;1-3-2;1-2/h8-12H,1-7H3,(H,19,20,22);3H,1H2,2H3;1-2H3. The summed E-state index contributed by atoms with van der Waals surface area (Å²) in [6.45, 7) is 24.8. The van der Waals surface area contributed by atoms with Crippen molar-refractivity contribution in [1.29, 1.82) is 0 Å². The molecule has 0 unspecified atom stereocenters. The maximum atomic E-state index is 4.25. The quantitative estimate of drug-likeness (QED) is 0.355. The zero-order valence-corrected chi connectivity index (χ0v) is 21.7. The first-order valence-corrected chi connectivity index (χ1v) is 11.7. The van der Waals surface area contributed by atoms with E-state index in [1.165, 1.54) is 0 Å². The molecule has 2 aromatic rings. The minimum Gasteiger partial charge on any atom is -0.382 e. The Bertz CT molecular complexity index is 793. The van der Waals surface area contributed by atoms with Gasteiger partial charge in [-0.1, -0.05) is 50.0 Å². The summed E-state index contributed by atoms with van der Waals surface area (Å²) in [5.74, 6) is 0.686. The van der Waals surface area contributed by atoms with Gasteiger partial charge in [0, 0.05) is 5.69 Å². The van der Waals surface area contributed by atoms with Gasteiger partial charge in [-0.15, -0.1) is 6.58 Å². The summed E-state index contributed by atoms with van der Waals surface area (Å²) in [4.78, 5) is -0.358. The molecule has 31 heavy (non-hydrogen) atoms. The third kappa shape index (κ3) is 6.77. The first-order valence-electron chi connectivity index (χ1n) is 11.0. The molecule has 170 valence electrons. The zero-order chi connectivity index (χ0) is 23.8. The van der Waals surface area contributed by atoms with Gasteiger partial charge in [0.1, 0.15) is 4.87 Å². The Morgan fingerprint density at radius 3 is 2.19 bits per heavy atom. The van der Waals surface area contributed by atoms with Crippen LogP contribution in [-0.2, 0) is 4.87 Å². The Morgan fingerprint density at radius 1 is 1.13 bits per heavy atom. The number of hydrogen-bond donors (Lipinski definition) is 1. The van der Waals surface area contributed by atoms with Crippen LogP contribution in [0.25, 0.3) is 0 Å². The van der Waals surface area contributed by atoms with Gasteiger partial charge in [-0.2, -0.15) is 4.68 Å². The third-order valence-electron chi connectivity index (χ3n) is 4.58. The first-order chi connectivity index (χ1) is 14.5. The number of benzene rings is 1. The monoisotopic (exact) mass is 443 g/mol. The fourth-order valence-corrected chi connectivity index (χ4v) is 4.84. The zero-order valence-electron chi connectivity index (χ0n) is 20.9. The molecule has 10 heteroatoms. The van der Waals surface area contributed by atoms with Gasteiger partial charge >= 0.3 is 14.0 Å². The third-order valence-corrected chi connectivity index (χ3v) is 5.92. The molecule has 0 amide bonds. The predicted molar refractivity (Wildman–Crippen MR) is 139 cm³/mol. The molecule has 2 heterocycles. The molecule has 0 fully saturated rings. The molecule has 1 aliphatic rings. The lowest BCUT2D eigenvalue weighted by atomic mass is 9.59. The number of allylic oxidation sites excluding steroid dienone is 1. The molecule has 1 aromatic heterocycles. The Hall–Kier alpha value is -1.93. The fraction of sp³-hybridized carbons (Fsp3) is 0.571. The van der Waals surface area contributed by atoms with Crippen LogP contribution in [0.15, 0.2) is 43.0 Å². The van der Waals surface area contributed by atoms with Crippen molar-refractivity contribution in [2.45, 2.75) is 79.4 Å². The van der Waals surface area contributed by atoms with Crippen LogP contribution in [0.4, 0.5) is 11.6 Å². The molecule has 0 saturated heterocycles. The van der Waals surface area contributed by atoms with E-state index < -0.39 is 0 Å². The van der Waals surface area contributed by atoms with Gasteiger partial charge in [-0.25, -0.2) is 0 Å². The lowest BCUT2D eigenvalue weighted by Gasteiger charge is -2.46. The van der Waals surface area contributed by atoms with E-state index in [9.17, 15) is 0 Å². The molecule has 1 aliphatic heterocycles. The number of nitrogens with one attached hydrogen (secondary N) is 1. The van der Waals surface area contributed by atoms with Crippen molar-refractivity contribution < 1.29 is 0 Å². The van der Waals surface area contributed by atoms with E-state index in [1.807, 2.05) is 31.5 Å². The molecule has 0 aliphatic carbocycles. The SMILES string of the molecule is C=CC.CB1Nc2nnnn2C(C)(C)SN(c2ccccc2)B(C)N1C(C)(C)C.CC. The van der Waals surface area contributed by atoms with Gasteiger partial charge in [0.05, 0.1) is 0 Å². The highest BCUT2D eigenvalue weighted by Crippen LogP contribution is 2.40. The summed E-state index contributed by atoms with van der Waals surface area (Å²) >= 11 is 1.74. The number of aromatic nitrogens is 4. The molecule has 0 bridgehead atoms. The molecule has 0 spiro atoms. The Morgan fingerprint density at radius 2 is 1.68 bits per heavy atom. The highest BCUT2D eigenvalue weighted by atomic mass is 32.2. The Kier molecular flexibility index (Phi) is 10.2. The molecule has 7 nitrogen and oxygen atoms in total. The largest absolute Gasteiger partial charge is 0.382 e. The number of rotatable bonds is 1. The fourth-order valence-electron chi connectivity index (χ4n) is 3.67. The summed E-state index contributed by atoms with van der Waals surface area (Å²) in [6.07, 6.45) is 1.75. The van der Waals surface area contributed by atoms with Gasteiger partial charge in [0.2, 0.25) is 5.95 Å². The van der Waals surface area contributed by atoms with E-state index in [1.54, 1.807) is 18.0 Å². The van der Waals surface area contributed by atoms with Crippen molar-refractivity contribution in [3.05, 3.63) is 43.0 Å². The van der Waals surface area contributed by atoms with E-state index in [2.05, 4.69) is 109 Å². The van der Waals surface area contributed by atoms with Crippen molar-refractivity contribution in [1.82, 2.24) is 24.9 Å². The van der Waals surface area contributed by atoms with Crippen LogP contribution in [0.5, 0.6) is 0 Å². The van der Waals surface area contributed by atoms with Crippen molar-refractivity contribution in [3.63, 3.8) is 0 Å². The van der Waals surface area contributed by atoms with Gasteiger partial charge in [-0.05, 0) is 88.4 Å². The molecule has 1 N–H and O–H groups in total. The molecule has 0 atom stereocenters. The highest BCUT2D eigenvalue weighted by Gasteiger charge is 2.44. The van der Waals surface area contributed by atoms with E-state index >= 15 is 0 Å². The second-order valence-electron chi connectivity index (χ2n) is 8.55. The minimum atomic E-state index is -0.358. The molecular weight excluding hydrogens is 404 g/mol. The van der Waals surface area contributed by atoms with Crippen molar-refractivity contribution in [2.75, 3.05) is 9.44 Å². The average Bonchev–Trinajstić information content (AvgIpc) is 3.17. The van der Waals surface area contributed by atoms with Crippen LogP contribution in [0.1, 0.15) is 55.4 Å². The Labute approximate surface area is 194 Å². The Balaban J connectivity index is 0.000000884. The molecule has 0 radical (unpaired) electrons. The van der Waals surface area contributed by atoms with Gasteiger partial charge in [0.15, 0.2) is 0 Å². The molecule has 3 rings (SSSR count). The normalized spacial score (nSPS) is 16.3. The molecule has 0 saturated carbocycles. The molecule has 1 aromatic carbocycles. The summed E-state index contributed by atoms with van der Waals surface area (Å²) < 4.78 is 6.68. The summed E-state index contributed by atoms with van der Waals surface area (Å²) in [5.41, 5.74) is 1.11. The number of nitrogens with zero attached hydrogens (tertiary/aromatic N) is 6. The smallest absolute Gasteiger partial charge is 0.341 e. The molecular formula is C21H39B2N7S. The lowest BCUT2D eigenvalue weighted by molar-refractivity contribution is 0.363. The number of tetrazole rings is 1. The maximum absolute atomic E-state index is 4.25. The number of hydrogen-bond acceptors (Lipinski definition) is 7. The van der Waals surface area contributed by atoms with Crippen LogP contribution in [0.2, 0.25) is 13.6 Å². The topological polar surface area (TPSA) is 62.1 Å². The van der Waals surface area contributed by atoms with E-state index in [0.717, 1.165) is 5.69 Å². The van der Waals surface area contributed by atoms with E-state index in [-0.39, 0.29) is 24.4 Å². The summed E-state index contributed by atoms with van der Waals surface area (Å²) in [7, 11) is 0. The van der Waals surface area contributed by atoms with E-state index in [0.29, 0.717) is 5.95 Å². The first kappa shape index (κ1) is 27.1.